The predicted octanol–water partition coefficient (Wildman–Crippen LogP) is 1.80. The van der Waals surface area contributed by atoms with Crippen LogP contribution in [0.4, 0.5) is 5.82 Å². The number of carbonyl (C=O) groups excluding carboxylic acids is 1. The van der Waals surface area contributed by atoms with Crippen molar-refractivity contribution in [3.63, 3.8) is 0 Å². The zero-order chi connectivity index (χ0) is 22.0. The summed E-state index contributed by atoms with van der Waals surface area (Å²) >= 11 is 0. The van der Waals surface area contributed by atoms with E-state index < -0.39 is 32.8 Å². The molecule has 12 heteroatoms. The number of methoxy groups -OCH3 is 1. The Morgan fingerprint density at radius 1 is 1.26 bits per heavy atom. The van der Waals surface area contributed by atoms with Crippen LogP contribution in [0.25, 0.3) is 11.2 Å². The van der Waals surface area contributed by atoms with Crippen LogP contribution in [0.15, 0.2) is 43.0 Å². The molecule has 11 nitrogen and oxygen atoms in total. The second-order valence-electron chi connectivity index (χ2n) is 6.83. The summed E-state index contributed by atoms with van der Waals surface area (Å²) in [6, 6.07) is 8.72. The summed E-state index contributed by atoms with van der Waals surface area (Å²) in [5.41, 5.74) is 1.23. The molecule has 0 radical (unpaired) electrons. The molecule has 3 heterocycles. The van der Waals surface area contributed by atoms with Gasteiger partial charge in [-0.05, 0) is 23.1 Å². The number of ether oxygens (including phenoxy) is 2. The lowest BCUT2D eigenvalue weighted by Crippen LogP contribution is -2.34. The van der Waals surface area contributed by atoms with Crippen molar-refractivity contribution in [2.45, 2.75) is 37.9 Å². The van der Waals surface area contributed by atoms with Crippen molar-refractivity contribution in [3.05, 3.63) is 48.5 Å². The Balaban J connectivity index is 1.66. The first-order valence-electron chi connectivity index (χ1n) is 9.56. The summed E-state index contributed by atoms with van der Waals surface area (Å²) in [6.45, 7) is 1.86. The van der Waals surface area contributed by atoms with Crippen molar-refractivity contribution in [2.24, 2.45) is 0 Å². The van der Waals surface area contributed by atoms with Crippen molar-refractivity contribution < 1.29 is 28.3 Å². The third-order valence-electron chi connectivity index (χ3n) is 5.07. The highest BCUT2D eigenvalue weighted by atomic mass is 31.1. The quantitative estimate of drug-likeness (QED) is 0.539. The van der Waals surface area contributed by atoms with Crippen LogP contribution in [0.1, 0.15) is 29.9 Å². The van der Waals surface area contributed by atoms with Gasteiger partial charge in [-0.1, -0.05) is 25.1 Å². The van der Waals surface area contributed by atoms with Crippen LogP contribution in [0.3, 0.4) is 0 Å². The van der Waals surface area contributed by atoms with Gasteiger partial charge in [0, 0.05) is 12.7 Å². The first-order chi connectivity index (χ1) is 15.0. The van der Waals surface area contributed by atoms with Gasteiger partial charge in [-0.15, -0.1) is 4.52 Å². The third kappa shape index (κ3) is 4.18. The van der Waals surface area contributed by atoms with Crippen LogP contribution in [-0.4, -0.2) is 50.8 Å². The average Bonchev–Trinajstić information content (AvgIpc) is 3.35. The molecule has 0 aliphatic carbocycles. The van der Waals surface area contributed by atoms with Crippen molar-refractivity contribution in [1.82, 2.24) is 19.5 Å². The van der Waals surface area contributed by atoms with E-state index in [-0.39, 0.29) is 11.7 Å². The summed E-state index contributed by atoms with van der Waals surface area (Å²) in [7, 11) is -1.63. The van der Waals surface area contributed by atoms with E-state index in [1.54, 1.807) is 28.8 Å². The minimum atomic E-state index is -3.08. The van der Waals surface area contributed by atoms with Gasteiger partial charge in [0.1, 0.15) is 12.4 Å². The highest BCUT2D eigenvalue weighted by Gasteiger charge is 2.49. The van der Waals surface area contributed by atoms with Gasteiger partial charge in [0.05, 0.1) is 12.4 Å². The van der Waals surface area contributed by atoms with Gasteiger partial charge in [0.2, 0.25) is 0 Å². The Kier molecular flexibility index (Phi) is 6.30. The molecule has 1 amide bonds. The number of anilines is 1. The van der Waals surface area contributed by atoms with Crippen molar-refractivity contribution in [1.29, 1.82) is 0 Å². The summed E-state index contributed by atoms with van der Waals surface area (Å²) in [6.07, 6.45) is 0.555. The SMILES string of the molecule is CCC1OC(n2cnc3c(NC(=O)c4ccccc4)ncnc32)C(OC)C1O[P+](=O)[O-]. The molecule has 1 saturated heterocycles. The van der Waals surface area contributed by atoms with Gasteiger partial charge in [0.25, 0.3) is 5.91 Å². The number of aromatic nitrogens is 4. The van der Waals surface area contributed by atoms with Gasteiger partial charge in [-0.3, -0.25) is 9.36 Å². The Hall–Kier alpha value is -2.82. The molecular formula is C19H20N5O6P. The monoisotopic (exact) mass is 445 g/mol. The summed E-state index contributed by atoms with van der Waals surface area (Å²) in [4.78, 5) is 36.5. The van der Waals surface area contributed by atoms with Crippen LogP contribution in [-0.2, 0) is 18.6 Å². The van der Waals surface area contributed by atoms with Crippen LogP contribution in [0, 0.1) is 0 Å². The molecule has 31 heavy (non-hydrogen) atoms. The molecule has 5 unspecified atom stereocenters. The van der Waals surface area contributed by atoms with E-state index in [9.17, 15) is 14.3 Å². The van der Waals surface area contributed by atoms with Gasteiger partial charge in [-0.25, -0.2) is 15.0 Å². The van der Waals surface area contributed by atoms with Crippen molar-refractivity contribution in [2.75, 3.05) is 12.4 Å². The molecule has 4 rings (SSSR count). The molecule has 0 saturated carbocycles. The number of nitrogens with one attached hydrogen (secondary N) is 1. The maximum Gasteiger partial charge on any atom is 0.488 e. The lowest BCUT2D eigenvalue weighted by molar-refractivity contribution is -0.193. The van der Waals surface area contributed by atoms with E-state index in [2.05, 4.69) is 20.3 Å². The number of carbonyl (C=O) groups is 1. The molecule has 0 bridgehead atoms. The van der Waals surface area contributed by atoms with E-state index in [1.807, 2.05) is 13.0 Å². The van der Waals surface area contributed by atoms with Crippen molar-refractivity contribution in [3.8, 4) is 0 Å². The third-order valence-corrected chi connectivity index (χ3v) is 5.48. The molecule has 0 spiro atoms. The minimum absolute atomic E-state index is 0.243. The van der Waals surface area contributed by atoms with E-state index in [0.29, 0.717) is 23.1 Å². The van der Waals surface area contributed by atoms with Gasteiger partial charge >= 0.3 is 8.25 Å². The standard InChI is InChI=1S/C19H20N5O6P/c1-3-12-14(30-31(26)27)15(28-2)19(29-12)24-10-22-13-16(20-9-21-17(13)24)23-18(25)11-7-5-4-6-8-11/h4-10,12,14-15,19H,3H2,1-2H3,(H,20,21,23,25). The molecule has 1 aliphatic rings. The van der Waals surface area contributed by atoms with Gasteiger partial charge in [0.15, 0.2) is 29.3 Å². The van der Waals surface area contributed by atoms with E-state index in [4.69, 9.17) is 14.0 Å². The number of hydrogen-bond acceptors (Lipinski definition) is 9. The highest BCUT2D eigenvalue weighted by Crippen LogP contribution is 2.39. The van der Waals surface area contributed by atoms with Gasteiger partial charge < -0.3 is 19.7 Å². The highest BCUT2D eigenvalue weighted by molar-refractivity contribution is 7.30. The number of amides is 1. The molecule has 162 valence electrons. The molecule has 1 aliphatic heterocycles. The fourth-order valence-electron chi connectivity index (χ4n) is 3.64. The lowest BCUT2D eigenvalue weighted by atomic mass is 10.1. The summed E-state index contributed by atoms with van der Waals surface area (Å²) in [5, 5.41) is 2.74. The zero-order valence-electron chi connectivity index (χ0n) is 16.7. The van der Waals surface area contributed by atoms with Crippen LogP contribution in [0.5, 0.6) is 0 Å². The number of rotatable bonds is 7. The average molecular weight is 445 g/mol. The Bertz CT molecular complexity index is 1090. The lowest BCUT2D eigenvalue weighted by Gasteiger charge is -2.20. The maximum atomic E-state index is 12.5. The molecule has 1 fully saturated rings. The first-order valence-corrected chi connectivity index (χ1v) is 10.7. The topological polar surface area (TPSA) is 141 Å². The van der Waals surface area contributed by atoms with Crippen LogP contribution in [0.2, 0.25) is 0 Å². The fraction of sp³-hybridized carbons (Fsp3) is 0.368. The number of fused-ring (bicyclic) bond motifs is 1. The normalized spacial score (nSPS) is 23.8. The van der Waals surface area contributed by atoms with E-state index >= 15 is 0 Å². The Morgan fingerprint density at radius 3 is 2.71 bits per heavy atom. The van der Waals surface area contributed by atoms with Gasteiger partial charge in [-0.2, -0.15) is 0 Å². The number of imidazole rings is 1. The predicted molar refractivity (Wildman–Crippen MR) is 107 cm³/mol. The molecule has 5 atom stereocenters. The Labute approximate surface area is 178 Å². The number of nitrogens with zero attached hydrogens (tertiary/aromatic N) is 4. The van der Waals surface area contributed by atoms with E-state index in [1.165, 1.54) is 19.8 Å². The fourth-order valence-corrected chi connectivity index (χ4v) is 4.09. The Morgan fingerprint density at radius 2 is 2.03 bits per heavy atom. The molecular weight excluding hydrogens is 425 g/mol. The first kappa shape index (κ1) is 21.4. The van der Waals surface area contributed by atoms with Crippen LogP contribution >= 0.6 is 8.25 Å². The number of benzene rings is 1. The smallest absolute Gasteiger partial charge is 0.488 e. The number of hydrogen-bond donors (Lipinski definition) is 1. The van der Waals surface area contributed by atoms with E-state index in [0.717, 1.165) is 0 Å². The summed E-state index contributed by atoms with van der Waals surface area (Å²) < 4.78 is 29.4. The molecule has 1 N–H and O–H groups in total. The second-order valence-corrected chi connectivity index (χ2v) is 7.49. The minimum Gasteiger partial charge on any atom is -0.566 e. The largest absolute Gasteiger partial charge is 0.566 e. The molecule has 2 aromatic heterocycles. The maximum absolute atomic E-state index is 12.5. The zero-order valence-corrected chi connectivity index (χ0v) is 17.6. The van der Waals surface area contributed by atoms with Crippen molar-refractivity contribution >= 4 is 31.1 Å². The molecule has 1 aromatic carbocycles. The second kappa shape index (κ2) is 9.13. The summed E-state index contributed by atoms with van der Waals surface area (Å²) in [5.74, 6) is -0.0900. The van der Waals surface area contributed by atoms with Crippen LogP contribution < -0.4 is 10.2 Å². The molecule has 3 aromatic rings.